The van der Waals surface area contributed by atoms with E-state index in [1.165, 1.54) is 16.8 Å². The maximum Gasteiger partial charge on any atom is 0.272 e. The molecule has 0 saturated heterocycles. The number of nitrogens with zero attached hydrogens (tertiary/aromatic N) is 4. The SMILES string of the molecule is Cn1cncc1CNC(=O)c1nn(-c2ccc(F)cc2F)c2c1C[C@H]1C[C@@H]21. The number of hydrogen-bond donors (Lipinski definition) is 1. The molecule has 1 N–H and O–H groups in total. The highest BCUT2D eigenvalue weighted by Crippen LogP contribution is 2.57. The summed E-state index contributed by atoms with van der Waals surface area (Å²) in [4.78, 5) is 16.8. The van der Waals surface area contributed by atoms with E-state index in [4.69, 9.17) is 0 Å². The minimum Gasteiger partial charge on any atom is -0.345 e. The lowest BCUT2D eigenvalue weighted by atomic mass is 10.1. The average molecular weight is 369 g/mol. The molecule has 0 unspecified atom stereocenters. The van der Waals surface area contributed by atoms with Gasteiger partial charge in [0.2, 0.25) is 0 Å². The second-order valence-corrected chi connectivity index (χ2v) is 7.20. The molecule has 2 aliphatic carbocycles. The number of benzene rings is 1. The first-order valence-corrected chi connectivity index (χ1v) is 8.83. The number of hydrogen-bond acceptors (Lipinski definition) is 3. The number of rotatable bonds is 4. The molecule has 1 aromatic carbocycles. The molecular weight excluding hydrogens is 352 g/mol. The summed E-state index contributed by atoms with van der Waals surface area (Å²) >= 11 is 0. The van der Waals surface area contributed by atoms with Crippen molar-refractivity contribution in [1.29, 1.82) is 0 Å². The molecule has 8 heteroatoms. The van der Waals surface area contributed by atoms with Gasteiger partial charge in [0, 0.05) is 30.8 Å². The largest absolute Gasteiger partial charge is 0.345 e. The van der Waals surface area contributed by atoms with Gasteiger partial charge in [-0.3, -0.25) is 4.79 Å². The second-order valence-electron chi connectivity index (χ2n) is 7.20. The molecule has 2 aromatic heterocycles. The Kier molecular flexibility index (Phi) is 3.43. The predicted octanol–water partition coefficient (Wildman–Crippen LogP) is 2.47. The van der Waals surface area contributed by atoms with Crippen LogP contribution in [0.25, 0.3) is 5.69 Å². The smallest absolute Gasteiger partial charge is 0.272 e. The Bertz CT molecular complexity index is 1070. The van der Waals surface area contributed by atoms with Crippen LogP contribution < -0.4 is 5.32 Å². The maximum atomic E-state index is 14.3. The zero-order valence-electron chi connectivity index (χ0n) is 14.6. The van der Waals surface area contributed by atoms with Crippen LogP contribution in [0.2, 0.25) is 0 Å². The van der Waals surface area contributed by atoms with Crippen LogP contribution in [0.5, 0.6) is 0 Å². The molecule has 2 atom stereocenters. The van der Waals surface area contributed by atoms with Crippen LogP contribution in [-0.2, 0) is 20.0 Å². The van der Waals surface area contributed by atoms with Crippen molar-refractivity contribution in [2.45, 2.75) is 25.3 Å². The predicted molar refractivity (Wildman–Crippen MR) is 92.4 cm³/mol. The number of carbonyl (C=O) groups excluding carboxylic acids is 1. The minimum absolute atomic E-state index is 0.172. The van der Waals surface area contributed by atoms with Gasteiger partial charge in [-0.25, -0.2) is 18.4 Å². The zero-order chi connectivity index (χ0) is 18.7. The maximum absolute atomic E-state index is 14.3. The van der Waals surface area contributed by atoms with Gasteiger partial charge in [0.1, 0.15) is 11.5 Å². The van der Waals surface area contributed by atoms with Gasteiger partial charge in [0.05, 0.1) is 24.3 Å². The van der Waals surface area contributed by atoms with E-state index in [2.05, 4.69) is 15.4 Å². The van der Waals surface area contributed by atoms with Crippen molar-refractivity contribution in [2.24, 2.45) is 13.0 Å². The van der Waals surface area contributed by atoms with Gasteiger partial charge in [-0.05, 0) is 30.9 Å². The highest BCUT2D eigenvalue weighted by atomic mass is 19.1. The van der Waals surface area contributed by atoms with Crippen molar-refractivity contribution in [3.8, 4) is 5.69 Å². The monoisotopic (exact) mass is 369 g/mol. The fourth-order valence-electron chi connectivity index (χ4n) is 3.94. The highest BCUT2D eigenvalue weighted by molar-refractivity contribution is 5.94. The number of fused-ring (bicyclic) bond motifs is 3. The van der Waals surface area contributed by atoms with Crippen molar-refractivity contribution in [3.63, 3.8) is 0 Å². The molecule has 1 amide bonds. The molecule has 5 rings (SSSR count). The van der Waals surface area contributed by atoms with Gasteiger partial charge < -0.3 is 9.88 Å². The minimum atomic E-state index is -0.689. The molecule has 1 fully saturated rings. The van der Waals surface area contributed by atoms with Gasteiger partial charge in [-0.2, -0.15) is 5.10 Å². The summed E-state index contributed by atoms with van der Waals surface area (Å²) in [6.45, 7) is 0.328. The molecule has 2 aliphatic rings. The number of amides is 1. The summed E-state index contributed by atoms with van der Waals surface area (Å²) in [5, 5.41) is 7.27. The van der Waals surface area contributed by atoms with E-state index in [0.29, 0.717) is 24.1 Å². The van der Waals surface area contributed by atoms with Gasteiger partial charge in [0.25, 0.3) is 5.91 Å². The first kappa shape index (κ1) is 16.2. The van der Waals surface area contributed by atoms with Gasteiger partial charge in [-0.15, -0.1) is 0 Å². The lowest BCUT2D eigenvalue weighted by molar-refractivity contribution is 0.0943. The third-order valence-electron chi connectivity index (χ3n) is 5.46. The summed E-state index contributed by atoms with van der Waals surface area (Å²) in [5.41, 5.74) is 3.12. The molecule has 0 aliphatic heterocycles. The Hall–Kier alpha value is -3.03. The molecule has 0 bridgehead atoms. The van der Waals surface area contributed by atoms with E-state index in [1.54, 1.807) is 12.5 Å². The van der Waals surface area contributed by atoms with Crippen molar-refractivity contribution >= 4 is 5.91 Å². The number of carbonyl (C=O) groups is 1. The van der Waals surface area contributed by atoms with E-state index in [9.17, 15) is 13.6 Å². The molecule has 27 heavy (non-hydrogen) atoms. The Labute approximate surface area is 153 Å². The molecule has 3 aromatic rings. The topological polar surface area (TPSA) is 64.7 Å². The van der Waals surface area contributed by atoms with Crippen LogP contribution in [0.15, 0.2) is 30.7 Å². The van der Waals surface area contributed by atoms with Gasteiger partial charge in [-0.1, -0.05) is 0 Å². The molecule has 0 radical (unpaired) electrons. The number of halogens is 2. The Morgan fingerprint density at radius 3 is 2.96 bits per heavy atom. The normalized spacial score (nSPS) is 19.7. The third-order valence-corrected chi connectivity index (χ3v) is 5.46. The van der Waals surface area contributed by atoms with E-state index < -0.39 is 11.6 Å². The van der Waals surface area contributed by atoms with Crippen molar-refractivity contribution in [2.75, 3.05) is 0 Å². The van der Waals surface area contributed by atoms with Gasteiger partial charge >= 0.3 is 0 Å². The van der Waals surface area contributed by atoms with Crippen LogP contribution in [-0.4, -0.2) is 25.2 Å². The number of nitrogens with one attached hydrogen (secondary N) is 1. The van der Waals surface area contributed by atoms with Crippen LogP contribution in [0.1, 0.15) is 39.8 Å². The number of aryl methyl sites for hydroxylation is 1. The van der Waals surface area contributed by atoms with Crippen molar-refractivity contribution in [3.05, 3.63) is 65.0 Å². The van der Waals surface area contributed by atoms with Crippen molar-refractivity contribution in [1.82, 2.24) is 24.6 Å². The summed E-state index contributed by atoms with van der Waals surface area (Å²) in [6, 6.07) is 3.41. The Balaban J connectivity index is 1.50. The zero-order valence-corrected chi connectivity index (χ0v) is 14.6. The molecule has 1 saturated carbocycles. The first-order chi connectivity index (χ1) is 13.0. The summed E-state index contributed by atoms with van der Waals surface area (Å²) in [5.74, 6) is -0.827. The van der Waals surface area contributed by atoms with Crippen LogP contribution in [0.4, 0.5) is 8.78 Å². The van der Waals surface area contributed by atoms with E-state index in [1.807, 2.05) is 11.6 Å². The lowest BCUT2D eigenvalue weighted by Crippen LogP contribution is -2.25. The first-order valence-electron chi connectivity index (χ1n) is 8.83. The van der Waals surface area contributed by atoms with Gasteiger partial charge in [0.15, 0.2) is 11.5 Å². The quantitative estimate of drug-likeness (QED) is 0.768. The fraction of sp³-hybridized carbons (Fsp3) is 0.316. The van der Waals surface area contributed by atoms with E-state index in [0.717, 1.165) is 35.9 Å². The number of aromatic nitrogens is 4. The standard InChI is InChI=1S/C19H17F2N5O/c1-25-9-22-7-12(25)8-23-19(27)17-14-5-10-4-13(10)18(14)26(24-17)16-3-2-11(20)6-15(16)21/h2-3,6-7,9-10,13H,4-5,8H2,1H3,(H,23,27)/t10-,13-/m1/s1. The summed E-state index contributed by atoms with van der Waals surface area (Å²) < 4.78 is 30.9. The molecular formula is C19H17F2N5O. The second kappa shape index (κ2) is 5.73. The highest BCUT2D eigenvalue weighted by Gasteiger charge is 2.50. The van der Waals surface area contributed by atoms with E-state index in [-0.39, 0.29) is 11.6 Å². The Morgan fingerprint density at radius 1 is 1.37 bits per heavy atom. The summed E-state index contributed by atoms with van der Waals surface area (Å²) in [7, 11) is 1.85. The molecule has 6 nitrogen and oxygen atoms in total. The average Bonchev–Trinajstić information content (AvgIpc) is 2.96. The lowest BCUT2D eigenvalue weighted by Gasteiger charge is -2.07. The third kappa shape index (κ3) is 2.55. The van der Waals surface area contributed by atoms with Crippen molar-refractivity contribution < 1.29 is 13.6 Å². The van der Waals surface area contributed by atoms with Crippen LogP contribution in [0.3, 0.4) is 0 Å². The fourth-order valence-corrected chi connectivity index (χ4v) is 3.94. The molecule has 138 valence electrons. The molecule has 2 heterocycles. The molecule has 0 spiro atoms. The Morgan fingerprint density at radius 2 is 2.22 bits per heavy atom. The van der Waals surface area contributed by atoms with E-state index >= 15 is 0 Å². The van der Waals surface area contributed by atoms with Crippen LogP contribution in [0, 0.1) is 17.6 Å². The number of imidazole rings is 1. The summed E-state index contributed by atoms with van der Waals surface area (Å²) in [6.07, 6.45) is 5.15. The van der Waals surface area contributed by atoms with Crippen LogP contribution >= 0.6 is 0 Å².